The lowest BCUT2D eigenvalue weighted by Gasteiger charge is -2.12. The van der Waals surface area contributed by atoms with E-state index in [1.54, 1.807) is 0 Å². The SMILES string of the molecule is CC1=[NH+]/C(=C\c2[nH]c(C)c3c(C)c(C)c(C)c(C)c23)c2cc3c(cc21)/C(=C/c1[nH]c(C)c2c(C)c(C)c(C)c(C)c12)[NH+]=C3C. The smallest absolute Gasteiger partial charge is 0.214 e. The molecule has 7 rings (SSSR count). The van der Waals surface area contributed by atoms with Gasteiger partial charge in [-0.15, -0.1) is 0 Å². The van der Waals surface area contributed by atoms with E-state index < -0.39 is 0 Å². The van der Waals surface area contributed by atoms with E-state index in [1.165, 1.54) is 123 Å². The maximum Gasteiger partial charge on any atom is 0.214 e. The van der Waals surface area contributed by atoms with Gasteiger partial charge < -0.3 is 9.97 Å². The normalized spacial score (nSPS) is 16.1. The Balaban J connectivity index is 1.38. The number of nitrogens with one attached hydrogen (secondary N) is 4. The molecule has 0 spiro atoms. The fourth-order valence-corrected chi connectivity index (χ4v) is 7.96. The molecule has 0 amide bonds. The summed E-state index contributed by atoms with van der Waals surface area (Å²) in [5.41, 5.74) is 25.5. The standard InChI is InChI=1S/C40H42N4/c1-17-19(3)23(7)39-35(43-27(11)37(39)21(17)5)15-33-31-13-30-26(10)42-34(32(30)14-29(31)25(9)41-33)16-36-40-24(8)20(4)18(2)22(6)38(40)28(12)44-36/h13-16,43-44H,1-12H3/p+2/b33-15-,34-16-. The molecule has 0 fully saturated rings. The van der Waals surface area contributed by atoms with Crippen molar-refractivity contribution in [1.82, 2.24) is 9.97 Å². The number of hydrogen-bond donors (Lipinski definition) is 4. The first-order valence-electron chi connectivity index (χ1n) is 15.8. The fraction of sp³-hybridized carbons (Fsp3) is 0.300. The number of rotatable bonds is 2. The van der Waals surface area contributed by atoms with Gasteiger partial charge in [-0.25, -0.2) is 9.98 Å². The van der Waals surface area contributed by atoms with E-state index in [1.807, 2.05) is 0 Å². The van der Waals surface area contributed by atoms with E-state index in [2.05, 4.69) is 127 Å². The summed E-state index contributed by atoms with van der Waals surface area (Å²) < 4.78 is 0. The molecule has 2 aliphatic rings. The minimum absolute atomic E-state index is 1.15. The minimum atomic E-state index is 1.15. The van der Waals surface area contributed by atoms with Crippen LogP contribution in [0.1, 0.15) is 103 Å². The van der Waals surface area contributed by atoms with Crippen molar-refractivity contribution in [2.24, 2.45) is 0 Å². The van der Waals surface area contributed by atoms with Crippen LogP contribution in [0.3, 0.4) is 0 Å². The Bertz CT molecular complexity index is 2110. The lowest BCUT2D eigenvalue weighted by Crippen LogP contribution is -2.66. The van der Waals surface area contributed by atoms with E-state index in [4.69, 9.17) is 0 Å². The van der Waals surface area contributed by atoms with Crippen LogP contribution in [0.5, 0.6) is 0 Å². The molecule has 0 aliphatic carbocycles. The van der Waals surface area contributed by atoms with E-state index in [-0.39, 0.29) is 0 Å². The van der Waals surface area contributed by atoms with Crippen LogP contribution in [0.4, 0.5) is 0 Å². The van der Waals surface area contributed by atoms with Gasteiger partial charge >= 0.3 is 0 Å². The van der Waals surface area contributed by atoms with E-state index in [0.717, 1.165) is 11.4 Å². The van der Waals surface area contributed by atoms with Gasteiger partial charge in [0.25, 0.3) is 0 Å². The summed E-state index contributed by atoms with van der Waals surface area (Å²) >= 11 is 0. The maximum atomic E-state index is 3.74. The second-order valence-electron chi connectivity index (χ2n) is 13.4. The van der Waals surface area contributed by atoms with Crippen LogP contribution < -0.4 is 9.98 Å². The second-order valence-corrected chi connectivity index (χ2v) is 13.4. The first kappa shape index (κ1) is 28.3. The molecule has 0 unspecified atom stereocenters. The predicted molar refractivity (Wildman–Crippen MR) is 188 cm³/mol. The van der Waals surface area contributed by atoms with Gasteiger partial charge in [-0.3, -0.25) is 0 Å². The number of aryl methyl sites for hydroxylation is 6. The number of aromatic amines is 2. The quantitative estimate of drug-likeness (QED) is 0.183. The molecule has 2 aromatic heterocycles. The molecule has 4 N–H and O–H groups in total. The Hall–Kier alpha value is -4.44. The van der Waals surface area contributed by atoms with Crippen molar-refractivity contribution in [3.63, 3.8) is 0 Å². The van der Waals surface area contributed by atoms with E-state index in [0.29, 0.717) is 0 Å². The summed E-state index contributed by atoms with van der Waals surface area (Å²) in [6, 6.07) is 4.74. The number of fused-ring (bicyclic) bond motifs is 4. The molecule has 2 aliphatic heterocycles. The lowest BCUT2D eigenvalue weighted by molar-refractivity contribution is -0.337. The summed E-state index contributed by atoms with van der Waals surface area (Å²) in [7, 11) is 0. The second kappa shape index (κ2) is 9.53. The zero-order valence-corrected chi connectivity index (χ0v) is 28.3. The van der Waals surface area contributed by atoms with E-state index in [9.17, 15) is 0 Å². The topological polar surface area (TPSA) is 59.5 Å². The van der Waals surface area contributed by atoms with Crippen LogP contribution >= 0.6 is 0 Å². The van der Waals surface area contributed by atoms with Crippen molar-refractivity contribution in [2.45, 2.75) is 83.1 Å². The molecule has 4 heterocycles. The van der Waals surface area contributed by atoms with Gasteiger partial charge in [0.2, 0.25) is 11.4 Å². The third kappa shape index (κ3) is 3.76. The lowest BCUT2D eigenvalue weighted by atomic mass is 9.91. The summed E-state index contributed by atoms with van der Waals surface area (Å²) in [4.78, 5) is 14.9. The molecule has 4 heteroatoms. The molecule has 0 saturated heterocycles. The molecule has 0 atom stereocenters. The van der Waals surface area contributed by atoms with Crippen molar-refractivity contribution in [1.29, 1.82) is 0 Å². The summed E-state index contributed by atoms with van der Waals surface area (Å²) in [5.74, 6) is 0. The van der Waals surface area contributed by atoms with Crippen LogP contribution in [0, 0.1) is 69.2 Å². The van der Waals surface area contributed by atoms with Crippen LogP contribution in [-0.4, -0.2) is 21.4 Å². The van der Waals surface area contributed by atoms with Crippen molar-refractivity contribution >= 4 is 56.5 Å². The number of hydrogen-bond acceptors (Lipinski definition) is 0. The summed E-state index contributed by atoms with van der Waals surface area (Å²) in [5, 5.41) is 5.39. The van der Waals surface area contributed by atoms with Crippen LogP contribution in [-0.2, 0) is 0 Å². The Morgan fingerprint density at radius 3 is 1.07 bits per heavy atom. The number of H-pyrrole nitrogens is 2. The van der Waals surface area contributed by atoms with Gasteiger partial charge in [0.15, 0.2) is 11.4 Å². The molecule has 0 saturated carbocycles. The molecule has 44 heavy (non-hydrogen) atoms. The van der Waals surface area contributed by atoms with Gasteiger partial charge in [0, 0.05) is 58.9 Å². The molecule has 4 nitrogen and oxygen atoms in total. The maximum absolute atomic E-state index is 3.74. The van der Waals surface area contributed by atoms with Gasteiger partial charge in [0.05, 0.1) is 33.6 Å². The number of benzene rings is 3. The molecule has 222 valence electrons. The van der Waals surface area contributed by atoms with Crippen molar-refractivity contribution in [2.75, 3.05) is 0 Å². The van der Waals surface area contributed by atoms with Crippen LogP contribution in [0.25, 0.3) is 45.1 Å². The summed E-state index contributed by atoms with van der Waals surface area (Å²) in [6.07, 6.45) is 4.63. The Morgan fingerprint density at radius 1 is 0.409 bits per heavy atom. The third-order valence-electron chi connectivity index (χ3n) is 11.1. The zero-order valence-electron chi connectivity index (χ0n) is 28.3. The van der Waals surface area contributed by atoms with Crippen molar-refractivity contribution in [3.8, 4) is 0 Å². The minimum Gasteiger partial charge on any atom is -0.358 e. The average Bonchev–Trinajstić information content (AvgIpc) is 3.68. The van der Waals surface area contributed by atoms with Gasteiger partial charge in [-0.1, -0.05) is 0 Å². The van der Waals surface area contributed by atoms with Gasteiger partial charge in [-0.05, 0) is 126 Å². The van der Waals surface area contributed by atoms with Gasteiger partial charge in [-0.2, -0.15) is 0 Å². The Labute approximate surface area is 260 Å². The third-order valence-corrected chi connectivity index (χ3v) is 11.1. The average molecular weight is 581 g/mol. The zero-order chi connectivity index (χ0) is 31.5. The number of aromatic nitrogens is 2. The highest BCUT2D eigenvalue weighted by molar-refractivity contribution is 6.12. The van der Waals surface area contributed by atoms with Crippen LogP contribution in [0.2, 0.25) is 0 Å². The Morgan fingerprint density at radius 2 is 0.727 bits per heavy atom. The molecular formula is C40H44N4+2. The highest BCUT2D eigenvalue weighted by Gasteiger charge is 2.33. The first-order chi connectivity index (χ1) is 20.8. The van der Waals surface area contributed by atoms with Gasteiger partial charge in [0.1, 0.15) is 0 Å². The van der Waals surface area contributed by atoms with Crippen LogP contribution in [0.15, 0.2) is 12.1 Å². The summed E-state index contributed by atoms with van der Waals surface area (Å²) in [6.45, 7) is 26.8. The molecular weight excluding hydrogens is 536 g/mol. The highest BCUT2D eigenvalue weighted by Crippen LogP contribution is 2.38. The molecule has 5 aromatic rings. The molecule has 0 bridgehead atoms. The highest BCUT2D eigenvalue weighted by atomic mass is 14.8. The van der Waals surface area contributed by atoms with Crippen molar-refractivity contribution in [3.05, 3.63) is 102 Å². The van der Waals surface area contributed by atoms with Crippen molar-refractivity contribution < 1.29 is 9.98 Å². The largest absolute Gasteiger partial charge is 0.358 e. The fourth-order valence-electron chi connectivity index (χ4n) is 7.96. The first-order valence-corrected chi connectivity index (χ1v) is 15.8. The Kier molecular flexibility index (Phi) is 6.14. The monoisotopic (exact) mass is 580 g/mol. The van der Waals surface area contributed by atoms with E-state index >= 15 is 0 Å². The predicted octanol–water partition coefficient (Wildman–Crippen LogP) is 6.54. The molecule has 3 aromatic carbocycles. The molecule has 0 radical (unpaired) electrons.